The van der Waals surface area contributed by atoms with Gasteiger partial charge in [0.25, 0.3) is 0 Å². The first-order chi connectivity index (χ1) is 14.5. The number of nitriles is 2. The Morgan fingerprint density at radius 1 is 1.13 bits per heavy atom. The summed E-state index contributed by atoms with van der Waals surface area (Å²) in [7, 11) is -4.85. The zero-order valence-electron chi connectivity index (χ0n) is 15.3. The summed E-state index contributed by atoms with van der Waals surface area (Å²) in [6.07, 6.45) is -4.44. The van der Waals surface area contributed by atoms with E-state index in [1.165, 1.54) is 24.4 Å². The van der Waals surface area contributed by atoms with Crippen molar-refractivity contribution in [1.29, 1.82) is 10.5 Å². The molecule has 3 rings (SSSR count). The van der Waals surface area contributed by atoms with Gasteiger partial charge in [0.05, 0.1) is 21.7 Å². The number of nitrogens with zero attached hydrogens (tertiary/aromatic N) is 2. The minimum absolute atomic E-state index is 0.0417. The first kappa shape index (κ1) is 22.9. The first-order valence-corrected chi connectivity index (χ1v) is 10.7. The number of aromatic amines is 1. The Bertz CT molecular complexity index is 1360. The molecule has 3 aromatic rings. The van der Waals surface area contributed by atoms with E-state index in [9.17, 15) is 26.9 Å². The molecule has 31 heavy (non-hydrogen) atoms. The third-order valence-corrected chi connectivity index (χ3v) is 6.64. The summed E-state index contributed by atoms with van der Waals surface area (Å²) in [5, 5.41) is 18.2. The Morgan fingerprint density at radius 3 is 2.42 bits per heavy atom. The largest absolute Gasteiger partial charge is 0.405 e. The Labute approximate surface area is 184 Å². The molecule has 0 saturated heterocycles. The van der Waals surface area contributed by atoms with Crippen molar-refractivity contribution in [3.05, 3.63) is 63.3 Å². The van der Waals surface area contributed by atoms with E-state index in [2.05, 4.69) is 4.98 Å². The van der Waals surface area contributed by atoms with Gasteiger partial charge < -0.3 is 4.98 Å². The molecule has 160 valence electrons. The molecule has 0 amide bonds. The van der Waals surface area contributed by atoms with E-state index < -0.39 is 44.1 Å². The van der Waals surface area contributed by atoms with E-state index in [4.69, 9.17) is 28.5 Å². The van der Waals surface area contributed by atoms with E-state index in [0.29, 0.717) is 10.9 Å². The highest BCUT2D eigenvalue weighted by Crippen LogP contribution is 2.32. The number of alkyl halides is 3. The average molecular weight is 487 g/mol. The van der Waals surface area contributed by atoms with Crippen molar-refractivity contribution in [2.45, 2.75) is 23.5 Å². The zero-order valence-corrected chi connectivity index (χ0v) is 17.6. The molecular formula is C19H11Cl2F3N4O2S. The third kappa shape index (κ3) is 4.63. The van der Waals surface area contributed by atoms with Gasteiger partial charge in [-0.05, 0) is 30.2 Å². The van der Waals surface area contributed by atoms with E-state index in [1.54, 1.807) is 10.8 Å². The highest BCUT2D eigenvalue weighted by atomic mass is 35.5. The number of aromatic nitrogens is 1. The molecule has 0 radical (unpaired) electrons. The van der Waals surface area contributed by atoms with E-state index in [1.807, 2.05) is 6.07 Å². The Morgan fingerprint density at radius 2 is 1.81 bits per heavy atom. The number of benzene rings is 2. The summed E-state index contributed by atoms with van der Waals surface area (Å²) in [5.41, 5.74) is 0.243. The summed E-state index contributed by atoms with van der Waals surface area (Å²) in [6, 6.07) is 7.52. The van der Waals surface area contributed by atoms with E-state index >= 15 is 0 Å². The van der Waals surface area contributed by atoms with Crippen LogP contribution < -0.4 is 4.72 Å². The molecule has 0 bridgehead atoms. The minimum atomic E-state index is -4.96. The van der Waals surface area contributed by atoms with Crippen LogP contribution >= 0.6 is 23.2 Å². The maximum Gasteiger partial charge on any atom is 0.405 e. The molecule has 1 heterocycles. The summed E-state index contributed by atoms with van der Waals surface area (Å²) in [5.74, 6) is 0. The van der Waals surface area contributed by atoms with Crippen LogP contribution in [-0.2, 0) is 16.4 Å². The molecule has 12 heteroatoms. The van der Waals surface area contributed by atoms with Gasteiger partial charge >= 0.3 is 6.18 Å². The van der Waals surface area contributed by atoms with Gasteiger partial charge in [0.15, 0.2) is 0 Å². The standard InChI is InChI=1S/C19H11Cl2F3N4O2S/c20-13-4-11(8-26)18(15(21)6-13)31(29,30)28-16(19(22,23)24)5-12-9-27-17-10(7-25)2-1-3-14(12)17/h1-4,6,9,16,27-28H,5H2. The molecule has 1 atom stereocenters. The van der Waals surface area contributed by atoms with Crippen LogP contribution in [0.4, 0.5) is 13.2 Å². The zero-order chi connectivity index (χ0) is 23.0. The van der Waals surface area contributed by atoms with Crippen LogP contribution in [0.5, 0.6) is 0 Å². The topological polar surface area (TPSA) is 110 Å². The molecule has 0 aliphatic carbocycles. The van der Waals surface area contributed by atoms with Gasteiger partial charge in [-0.1, -0.05) is 35.3 Å². The quantitative estimate of drug-likeness (QED) is 0.545. The molecule has 0 spiro atoms. The Balaban J connectivity index is 2.03. The van der Waals surface area contributed by atoms with Crippen LogP contribution in [0.25, 0.3) is 10.9 Å². The van der Waals surface area contributed by atoms with Gasteiger partial charge in [-0.25, -0.2) is 8.42 Å². The van der Waals surface area contributed by atoms with Gasteiger partial charge in [-0.15, -0.1) is 0 Å². The first-order valence-electron chi connectivity index (χ1n) is 8.45. The van der Waals surface area contributed by atoms with Gasteiger partial charge in [0.2, 0.25) is 10.0 Å². The van der Waals surface area contributed by atoms with Crippen molar-refractivity contribution in [2.75, 3.05) is 0 Å². The lowest BCUT2D eigenvalue weighted by molar-refractivity contribution is -0.150. The molecule has 2 aromatic carbocycles. The molecule has 0 saturated carbocycles. The van der Waals surface area contributed by atoms with Crippen molar-refractivity contribution in [1.82, 2.24) is 9.71 Å². The fourth-order valence-electron chi connectivity index (χ4n) is 3.08. The smallest absolute Gasteiger partial charge is 0.360 e. The maximum atomic E-state index is 13.7. The second-order valence-corrected chi connectivity index (χ2v) is 8.94. The highest BCUT2D eigenvalue weighted by Gasteiger charge is 2.43. The predicted molar refractivity (Wildman–Crippen MR) is 108 cm³/mol. The lowest BCUT2D eigenvalue weighted by Gasteiger charge is -2.22. The molecule has 0 fully saturated rings. The molecule has 6 nitrogen and oxygen atoms in total. The van der Waals surface area contributed by atoms with Crippen LogP contribution in [0.1, 0.15) is 16.7 Å². The molecule has 1 aromatic heterocycles. The fourth-order valence-corrected chi connectivity index (χ4v) is 5.30. The summed E-state index contributed by atoms with van der Waals surface area (Å²) in [6.45, 7) is 0. The monoisotopic (exact) mass is 486 g/mol. The second kappa shape index (κ2) is 8.40. The maximum absolute atomic E-state index is 13.7. The number of fused-ring (bicyclic) bond motifs is 1. The average Bonchev–Trinajstić information content (AvgIpc) is 3.08. The van der Waals surface area contributed by atoms with Gasteiger partial charge in [0.1, 0.15) is 23.1 Å². The van der Waals surface area contributed by atoms with Crippen LogP contribution in [0, 0.1) is 22.7 Å². The minimum Gasteiger partial charge on any atom is -0.360 e. The van der Waals surface area contributed by atoms with E-state index in [-0.39, 0.29) is 16.1 Å². The van der Waals surface area contributed by atoms with Crippen molar-refractivity contribution < 1.29 is 21.6 Å². The third-order valence-electron chi connectivity index (χ3n) is 4.44. The Hall–Kier alpha value is -2.76. The number of H-pyrrole nitrogens is 1. The number of rotatable bonds is 5. The molecule has 1 unspecified atom stereocenters. The normalized spacial score (nSPS) is 13.0. The van der Waals surface area contributed by atoms with Gasteiger partial charge in [0, 0.05) is 16.6 Å². The molecule has 2 N–H and O–H groups in total. The SMILES string of the molecule is N#Cc1cc(Cl)cc(Cl)c1S(=O)(=O)NC(Cc1c[nH]c2c(C#N)cccc12)C(F)(F)F. The number of halogens is 5. The van der Waals surface area contributed by atoms with Crippen LogP contribution in [0.15, 0.2) is 41.4 Å². The lowest BCUT2D eigenvalue weighted by Crippen LogP contribution is -2.46. The van der Waals surface area contributed by atoms with Gasteiger partial charge in [-0.3, -0.25) is 0 Å². The van der Waals surface area contributed by atoms with Gasteiger partial charge in [-0.2, -0.15) is 28.4 Å². The number of nitrogens with one attached hydrogen (secondary N) is 2. The lowest BCUT2D eigenvalue weighted by atomic mass is 10.0. The summed E-state index contributed by atoms with van der Waals surface area (Å²) in [4.78, 5) is 1.96. The highest BCUT2D eigenvalue weighted by molar-refractivity contribution is 7.89. The van der Waals surface area contributed by atoms with Crippen LogP contribution in [0.2, 0.25) is 10.0 Å². The number of hydrogen-bond acceptors (Lipinski definition) is 4. The number of sulfonamides is 1. The van der Waals surface area contributed by atoms with Crippen LogP contribution in [-0.4, -0.2) is 25.6 Å². The summed E-state index contributed by atoms with van der Waals surface area (Å²) >= 11 is 11.6. The molecule has 0 aliphatic heterocycles. The number of para-hydroxylation sites is 1. The molecule has 0 aliphatic rings. The van der Waals surface area contributed by atoms with Crippen molar-refractivity contribution >= 4 is 44.1 Å². The Kier molecular flexibility index (Phi) is 6.21. The second-order valence-electron chi connectivity index (χ2n) is 6.45. The van der Waals surface area contributed by atoms with Crippen molar-refractivity contribution in [3.8, 4) is 12.1 Å². The summed E-state index contributed by atoms with van der Waals surface area (Å²) < 4.78 is 68.3. The molecular weight excluding hydrogens is 476 g/mol. The van der Waals surface area contributed by atoms with Crippen molar-refractivity contribution in [2.24, 2.45) is 0 Å². The predicted octanol–water partition coefficient (Wildman–Crippen LogP) is 4.67. The fraction of sp³-hybridized carbons (Fsp3) is 0.158. The van der Waals surface area contributed by atoms with Crippen LogP contribution in [0.3, 0.4) is 0 Å². The van der Waals surface area contributed by atoms with Crippen molar-refractivity contribution in [3.63, 3.8) is 0 Å². The number of hydrogen-bond donors (Lipinski definition) is 2. The van der Waals surface area contributed by atoms with E-state index in [0.717, 1.165) is 12.1 Å².